The number of hydrogen-bond acceptors (Lipinski definition) is 7. The van der Waals surface area contributed by atoms with Gasteiger partial charge in [-0.1, -0.05) is 40.8 Å². The number of ether oxygens (including phenoxy) is 1. The number of aromatic nitrogens is 2. The molecule has 0 aliphatic rings. The third kappa shape index (κ3) is 4.69. The Morgan fingerprint density at radius 3 is 2.95 bits per heavy atom. The molecular formula is C12H10ClN3O3S2. The van der Waals surface area contributed by atoms with Gasteiger partial charge >= 0.3 is 5.97 Å². The lowest BCUT2D eigenvalue weighted by Gasteiger charge is -2.01. The van der Waals surface area contributed by atoms with Crippen molar-refractivity contribution in [2.24, 2.45) is 0 Å². The number of amides is 1. The Bertz CT molecular complexity index is 663. The molecule has 0 fully saturated rings. The van der Waals surface area contributed by atoms with E-state index in [4.69, 9.17) is 11.6 Å². The Morgan fingerprint density at radius 2 is 2.24 bits per heavy atom. The zero-order valence-electron chi connectivity index (χ0n) is 10.8. The number of halogens is 1. The highest BCUT2D eigenvalue weighted by molar-refractivity contribution is 8.01. The molecular weight excluding hydrogens is 334 g/mol. The largest absolute Gasteiger partial charge is 0.468 e. The van der Waals surface area contributed by atoms with Crippen LogP contribution < -0.4 is 5.32 Å². The fraction of sp³-hybridized carbons (Fsp3) is 0.167. The number of nitrogens with one attached hydrogen (secondary N) is 1. The van der Waals surface area contributed by atoms with E-state index in [0.717, 1.165) is 0 Å². The third-order valence-electron chi connectivity index (χ3n) is 2.25. The summed E-state index contributed by atoms with van der Waals surface area (Å²) in [7, 11) is 1.32. The molecule has 2 rings (SSSR count). The van der Waals surface area contributed by atoms with E-state index in [9.17, 15) is 9.59 Å². The smallest absolute Gasteiger partial charge is 0.316 e. The van der Waals surface area contributed by atoms with Crippen LogP contribution in [0.2, 0.25) is 5.02 Å². The fourth-order valence-corrected chi connectivity index (χ4v) is 3.07. The summed E-state index contributed by atoms with van der Waals surface area (Å²) in [6.07, 6.45) is 0. The van der Waals surface area contributed by atoms with Crippen molar-refractivity contribution in [3.63, 3.8) is 0 Å². The van der Waals surface area contributed by atoms with Crippen LogP contribution in [0.25, 0.3) is 0 Å². The molecule has 0 saturated heterocycles. The molecule has 0 radical (unpaired) electrons. The minimum absolute atomic E-state index is 0.146. The Balaban J connectivity index is 1.96. The molecule has 0 saturated carbocycles. The third-order valence-corrected chi connectivity index (χ3v) is 4.44. The van der Waals surface area contributed by atoms with Gasteiger partial charge in [0.1, 0.15) is 0 Å². The summed E-state index contributed by atoms with van der Waals surface area (Å²) >= 11 is 8.21. The van der Waals surface area contributed by atoms with Crippen LogP contribution in [0, 0.1) is 0 Å². The number of hydrogen-bond donors (Lipinski definition) is 1. The zero-order valence-corrected chi connectivity index (χ0v) is 13.2. The number of carbonyl (C=O) groups excluding carboxylic acids is 2. The average Bonchev–Trinajstić information content (AvgIpc) is 2.92. The first-order valence-electron chi connectivity index (χ1n) is 5.68. The van der Waals surface area contributed by atoms with Crippen LogP contribution in [0.1, 0.15) is 10.4 Å². The second-order valence-corrected chi connectivity index (χ2v) is 6.34. The summed E-state index contributed by atoms with van der Waals surface area (Å²) in [6, 6.07) is 6.58. The van der Waals surface area contributed by atoms with E-state index in [2.05, 4.69) is 20.3 Å². The van der Waals surface area contributed by atoms with Crippen LogP contribution in [0.4, 0.5) is 5.13 Å². The first-order valence-corrected chi connectivity index (χ1v) is 7.86. The molecule has 0 atom stereocenters. The number of nitrogens with zero attached hydrogens (tertiary/aromatic N) is 2. The van der Waals surface area contributed by atoms with E-state index in [0.29, 0.717) is 20.1 Å². The molecule has 2 aromatic rings. The van der Waals surface area contributed by atoms with Gasteiger partial charge in [-0.2, -0.15) is 0 Å². The number of anilines is 1. The number of esters is 1. The molecule has 0 aliphatic heterocycles. The second kappa shape index (κ2) is 7.39. The van der Waals surface area contributed by atoms with E-state index >= 15 is 0 Å². The van der Waals surface area contributed by atoms with Gasteiger partial charge in [-0.3, -0.25) is 14.9 Å². The van der Waals surface area contributed by atoms with Crippen molar-refractivity contribution >= 4 is 51.7 Å². The topological polar surface area (TPSA) is 81.2 Å². The molecule has 1 heterocycles. The zero-order chi connectivity index (χ0) is 15.2. The molecule has 110 valence electrons. The van der Waals surface area contributed by atoms with Crippen molar-refractivity contribution in [1.29, 1.82) is 0 Å². The predicted octanol–water partition coefficient (Wildman–Crippen LogP) is 2.71. The van der Waals surface area contributed by atoms with Crippen LogP contribution in [-0.2, 0) is 9.53 Å². The number of thioether (sulfide) groups is 1. The maximum atomic E-state index is 12.0. The highest BCUT2D eigenvalue weighted by atomic mass is 35.5. The molecule has 0 aliphatic carbocycles. The second-order valence-electron chi connectivity index (χ2n) is 3.70. The molecule has 1 N–H and O–H groups in total. The Morgan fingerprint density at radius 1 is 1.43 bits per heavy atom. The van der Waals surface area contributed by atoms with Gasteiger partial charge in [-0.15, -0.1) is 10.2 Å². The standard InChI is InChI=1S/C12H10ClN3O3S2/c1-19-9(17)6-20-12-16-15-11(21-12)14-10(18)7-3-2-4-8(13)5-7/h2-5H,6H2,1H3,(H,14,15,18). The molecule has 1 aromatic carbocycles. The van der Waals surface area contributed by atoms with E-state index in [-0.39, 0.29) is 17.6 Å². The van der Waals surface area contributed by atoms with Gasteiger partial charge in [-0.05, 0) is 18.2 Å². The SMILES string of the molecule is COC(=O)CSc1nnc(NC(=O)c2cccc(Cl)c2)s1. The maximum Gasteiger partial charge on any atom is 0.316 e. The van der Waals surface area contributed by atoms with Gasteiger partial charge < -0.3 is 4.74 Å². The number of methoxy groups -OCH3 is 1. The predicted molar refractivity (Wildman–Crippen MR) is 82.1 cm³/mol. The molecule has 0 bridgehead atoms. The summed E-state index contributed by atoms with van der Waals surface area (Å²) < 4.78 is 5.10. The highest BCUT2D eigenvalue weighted by Crippen LogP contribution is 2.25. The van der Waals surface area contributed by atoms with Crippen molar-refractivity contribution in [3.05, 3.63) is 34.9 Å². The molecule has 0 unspecified atom stereocenters. The Hall–Kier alpha value is -1.64. The van der Waals surface area contributed by atoms with Crippen LogP contribution in [0.15, 0.2) is 28.6 Å². The van der Waals surface area contributed by atoms with Gasteiger partial charge in [0.2, 0.25) is 5.13 Å². The van der Waals surface area contributed by atoms with Gasteiger partial charge in [0.25, 0.3) is 5.91 Å². The number of benzene rings is 1. The number of rotatable bonds is 5. The van der Waals surface area contributed by atoms with Gasteiger partial charge in [-0.25, -0.2) is 0 Å². The molecule has 1 aromatic heterocycles. The molecule has 21 heavy (non-hydrogen) atoms. The van der Waals surface area contributed by atoms with Crippen LogP contribution in [-0.4, -0.2) is 34.9 Å². The lowest BCUT2D eigenvalue weighted by Crippen LogP contribution is -2.11. The van der Waals surface area contributed by atoms with Gasteiger partial charge in [0.05, 0.1) is 12.9 Å². The molecule has 0 spiro atoms. The van der Waals surface area contributed by atoms with Crippen molar-refractivity contribution in [3.8, 4) is 0 Å². The number of carbonyl (C=O) groups is 2. The van der Waals surface area contributed by atoms with E-state index in [1.54, 1.807) is 24.3 Å². The van der Waals surface area contributed by atoms with Gasteiger partial charge in [0, 0.05) is 10.6 Å². The van der Waals surface area contributed by atoms with Crippen molar-refractivity contribution in [2.45, 2.75) is 4.34 Å². The molecule has 9 heteroatoms. The summed E-state index contributed by atoms with van der Waals surface area (Å²) in [5.41, 5.74) is 0.432. The highest BCUT2D eigenvalue weighted by Gasteiger charge is 2.12. The lowest BCUT2D eigenvalue weighted by atomic mass is 10.2. The van der Waals surface area contributed by atoms with E-state index in [1.807, 2.05) is 0 Å². The van der Waals surface area contributed by atoms with E-state index < -0.39 is 0 Å². The fourth-order valence-electron chi connectivity index (χ4n) is 1.30. The van der Waals surface area contributed by atoms with Crippen LogP contribution in [0.5, 0.6) is 0 Å². The van der Waals surface area contributed by atoms with Crippen LogP contribution in [0.3, 0.4) is 0 Å². The normalized spacial score (nSPS) is 10.2. The first-order chi connectivity index (χ1) is 10.1. The van der Waals surface area contributed by atoms with Gasteiger partial charge in [0.15, 0.2) is 4.34 Å². The Labute approximate surface area is 133 Å². The summed E-state index contributed by atoms with van der Waals surface area (Å²) in [6.45, 7) is 0. The molecule has 6 nitrogen and oxygen atoms in total. The monoisotopic (exact) mass is 343 g/mol. The molecule has 1 amide bonds. The minimum atomic E-state index is -0.347. The lowest BCUT2D eigenvalue weighted by molar-refractivity contribution is -0.137. The van der Waals surface area contributed by atoms with Crippen molar-refractivity contribution < 1.29 is 14.3 Å². The summed E-state index contributed by atoms with van der Waals surface area (Å²) in [4.78, 5) is 23.0. The van der Waals surface area contributed by atoms with E-state index in [1.165, 1.54) is 30.2 Å². The Kier molecular flexibility index (Phi) is 5.54. The average molecular weight is 344 g/mol. The summed E-state index contributed by atoms with van der Waals surface area (Å²) in [5.74, 6) is -0.522. The first kappa shape index (κ1) is 15.7. The van der Waals surface area contributed by atoms with Crippen molar-refractivity contribution in [2.75, 3.05) is 18.2 Å². The minimum Gasteiger partial charge on any atom is -0.468 e. The maximum absolute atomic E-state index is 12.0. The summed E-state index contributed by atoms with van der Waals surface area (Å²) in [5, 5.41) is 11.2. The quantitative estimate of drug-likeness (QED) is 0.510. The van der Waals surface area contributed by atoms with Crippen LogP contribution >= 0.6 is 34.7 Å². The van der Waals surface area contributed by atoms with Crippen molar-refractivity contribution in [1.82, 2.24) is 10.2 Å².